The Labute approximate surface area is 120 Å². The Kier molecular flexibility index (Phi) is 4.29. The molecular weight excluding hydrogens is 282 g/mol. The maximum Gasteiger partial charge on any atom is 0.251 e. The van der Waals surface area contributed by atoms with Gasteiger partial charge in [-0.25, -0.2) is 4.98 Å². The van der Waals surface area contributed by atoms with Gasteiger partial charge in [-0.05, 0) is 31.5 Å². The van der Waals surface area contributed by atoms with Crippen molar-refractivity contribution >= 4 is 23.4 Å². The molecule has 3 N–H and O–H groups in total. The number of aromatic nitrogens is 2. The van der Waals surface area contributed by atoms with Crippen molar-refractivity contribution in [2.24, 2.45) is 5.73 Å². The minimum absolute atomic E-state index is 0.108. The van der Waals surface area contributed by atoms with Crippen LogP contribution in [0.4, 0.5) is 0 Å². The first kappa shape index (κ1) is 14.1. The molecule has 1 aromatic heterocycles. The number of hydrogen-bond donors (Lipinski definition) is 2. The third-order valence-electron chi connectivity index (χ3n) is 2.53. The monoisotopic (exact) mass is 295 g/mol. The summed E-state index contributed by atoms with van der Waals surface area (Å²) in [5.74, 6) is 0. The maximum absolute atomic E-state index is 11.4. The Hall–Kier alpha value is -1.30. The molecule has 1 atom stereocenters. The van der Waals surface area contributed by atoms with Crippen LogP contribution in [0.3, 0.4) is 0 Å². The van der Waals surface area contributed by atoms with Gasteiger partial charge >= 0.3 is 0 Å². The van der Waals surface area contributed by atoms with E-state index < -0.39 is 0 Å². The van der Waals surface area contributed by atoms with Crippen molar-refractivity contribution in [3.05, 3.63) is 50.9 Å². The fraction of sp³-hybridized carbons (Fsp3) is 0.231. The van der Waals surface area contributed by atoms with Crippen LogP contribution in [0.5, 0.6) is 0 Å². The number of aryl methyl sites for hydroxylation is 1. The summed E-state index contributed by atoms with van der Waals surface area (Å²) in [5, 5.41) is 1.17. The number of nitrogens with one attached hydrogen (secondary N) is 1. The van der Waals surface area contributed by atoms with Gasteiger partial charge in [-0.15, -0.1) is 0 Å². The summed E-state index contributed by atoms with van der Waals surface area (Å²) in [6.45, 7) is 3.67. The Morgan fingerprint density at radius 2 is 2.16 bits per heavy atom. The molecule has 0 aliphatic heterocycles. The summed E-state index contributed by atoms with van der Waals surface area (Å²) in [4.78, 5) is 19.2. The average molecular weight is 296 g/mol. The van der Waals surface area contributed by atoms with E-state index in [1.807, 2.05) is 25.1 Å². The summed E-state index contributed by atoms with van der Waals surface area (Å²) in [7, 11) is 0. The van der Waals surface area contributed by atoms with Gasteiger partial charge in [-0.2, -0.15) is 0 Å². The summed E-state index contributed by atoms with van der Waals surface area (Å²) in [5.41, 5.74) is 7.23. The second-order valence-electron chi connectivity index (χ2n) is 4.27. The van der Waals surface area contributed by atoms with Crippen molar-refractivity contribution in [1.29, 1.82) is 0 Å². The number of rotatable bonds is 3. The average Bonchev–Trinajstić information content (AvgIpc) is 2.26. The van der Waals surface area contributed by atoms with Crippen molar-refractivity contribution in [3.63, 3.8) is 0 Å². The highest BCUT2D eigenvalue weighted by atomic mass is 35.5. The summed E-state index contributed by atoms with van der Waals surface area (Å²) in [6.07, 6.45) is 0. The molecule has 1 heterocycles. The van der Waals surface area contributed by atoms with E-state index in [1.165, 1.54) is 17.8 Å². The highest BCUT2D eigenvalue weighted by Gasteiger charge is 2.08. The van der Waals surface area contributed by atoms with Gasteiger partial charge in [0.15, 0.2) is 5.16 Å². The molecule has 2 aromatic rings. The molecule has 2 rings (SSSR count). The molecule has 0 bridgehead atoms. The van der Waals surface area contributed by atoms with Crippen molar-refractivity contribution in [1.82, 2.24) is 9.97 Å². The highest BCUT2D eigenvalue weighted by molar-refractivity contribution is 7.99. The molecule has 0 aliphatic rings. The van der Waals surface area contributed by atoms with Gasteiger partial charge in [-0.1, -0.05) is 29.4 Å². The maximum atomic E-state index is 11.4. The molecule has 0 spiro atoms. The first-order chi connectivity index (χ1) is 8.95. The third kappa shape index (κ3) is 3.59. The number of H-pyrrole nitrogens is 1. The molecule has 0 saturated heterocycles. The SMILES string of the molecule is Cc1cc(=O)[nH]c(Sc2ccc(C(C)N)c(Cl)c2)n1. The van der Waals surface area contributed by atoms with E-state index in [4.69, 9.17) is 17.3 Å². The van der Waals surface area contributed by atoms with E-state index in [0.29, 0.717) is 15.9 Å². The van der Waals surface area contributed by atoms with Crippen LogP contribution < -0.4 is 11.3 Å². The molecule has 4 nitrogen and oxygen atoms in total. The van der Waals surface area contributed by atoms with Crippen LogP contribution in [0, 0.1) is 6.92 Å². The Morgan fingerprint density at radius 1 is 1.42 bits per heavy atom. The molecule has 1 unspecified atom stereocenters. The van der Waals surface area contributed by atoms with Gasteiger partial charge in [0.05, 0.1) is 0 Å². The fourth-order valence-corrected chi connectivity index (χ4v) is 2.95. The van der Waals surface area contributed by atoms with Gasteiger partial charge in [-0.3, -0.25) is 4.79 Å². The lowest BCUT2D eigenvalue weighted by Crippen LogP contribution is -2.08. The third-order valence-corrected chi connectivity index (χ3v) is 3.73. The normalized spacial score (nSPS) is 12.4. The first-order valence-corrected chi connectivity index (χ1v) is 6.96. The molecule has 19 heavy (non-hydrogen) atoms. The predicted octanol–water partition coefficient (Wildman–Crippen LogP) is 2.90. The second-order valence-corrected chi connectivity index (χ2v) is 5.74. The summed E-state index contributed by atoms with van der Waals surface area (Å²) >= 11 is 7.53. The molecule has 6 heteroatoms. The first-order valence-electron chi connectivity index (χ1n) is 5.76. The summed E-state index contributed by atoms with van der Waals surface area (Å²) < 4.78 is 0. The van der Waals surface area contributed by atoms with E-state index in [9.17, 15) is 4.79 Å². The lowest BCUT2D eigenvalue weighted by atomic mass is 10.1. The predicted molar refractivity (Wildman–Crippen MR) is 77.8 cm³/mol. The number of benzene rings is 1. The highest BCUT2D eigenvalue weighted by Crippen LogP contribution is 2.30. The molecule has 0 amide bonds. The largest absolute Gasteiger partial charge is 0.324 e. The zero-order chi connectivity index (χ0) is 14.0. The number of hydrogen-bond acceptors (Lipinski definition) is 4. The standard InChI is InChI=1S/C13H14ClN3OS/c1-7-5-12(18)17-13(16-7)19-9-3-4-10(8(2)15)11(14)6-9/h3-6,8H,15H2,1-2H3,(H,16,17,18). The zero-order valence-corrected chi connectivity index (χ0v) is 12.2. The van der Waals surface area contributed by atoms with Gasteiger partial charge < -0.3 is 10.7 Å². The minimum Gasteiger partial charge on any atom is -0.324 e. The number of nitrogens with two attached hydrogens (primary N) is 1. The topological polar surface area (TPSA) is 71.8 Å². The fourth-order valence-electron chi connectivity index (χ4n) is 1.65. The van der Waals surface area contributed by atoms with E-state index >= 15 is 0 Å². The molecular formula is C13H14ClN3OS. The van der Waals surface area contributed by atoms with Crippen LogP contribution in [0.2, 0.25) is 5.02 Å². The lowest BCUT2D eigenvalue weighted by molar-refractivity contribution is 0.817. The smallest absolute Gasteiger partial charge is 0.251 e. The van der Waals surface area contributed by atoms with Crippen molar-refractivity contribution in [2.45, 2.75) is 29.9 Å². The van der Waals surface area contributed by atoms with Gasteiger partial charge in [0, 0.05) is 27.7 Å². The Bertz CT molecular complexity index is 655. The Morgan fingerprint density at radius 3 is 2.74 bits per heavy atom. The van der Waals surface area contributed by atoms with Crippen LogP contribution in [0.15, 0.2) is 39.1 Å². The Balaban J connectivity index is 2.29. The lowest BCUT2D eigenvalue weighted by Gasteiger charge is -2.09. The van der Waals surface area contributed by atoms with Crippen molar-refractivity contribution in [2.75, 3.05) is 0 Å². The van der Waals surface area contributed by atoms with Gasteiger partial charge in [0.2, 0.25) is 0 Å². The quantitative estimate of drug-likeness (QED) is 0.854. The second kappa shape index (κ2) is 5.77. The molecule has 0 fully saturated rings. The van der Waals surface area contributed by atoms with Crippen LogP contribution in [-0.4, -0.2) is 9.97 Å². The number of aromatic amines is 1. The van der Waals surface area contributed by atoms with Crippen molar-refractivity contribution in [3.8, 4) is 0 Å². The van der Waals surface area contributed by atoms with Crippen LogP contribution in [-0.2, 0) is 0 Å². The molecule has 100 valence electrons. The van der Waals surface area contributed by atoms with Crippen LogP contribution in [0.25, 0.3) is 0 Å². The number of nitrogens with zero attached hydrogens (tertiary/aromatic N) is 1. The van der Waals surface area contributed by atoms with E-state index in [-0.39, 0.29) is 11.6 Å². The van der Waals surface area contributed by atoms with E-state index in [0.717, 1.165) is 10.5 Å². The minimum atomic E-state index is -0.159. The molecule has 0 aliphatic carbocycles. The molecule has 0 radical (unpaired) electrons. The molecule has 1 aromatic carbocycles. The molecule has 0 saturated carbocycles. The van der Waals surface area contributed by atoms with Crippen LogP contribution >= 0.6 is 23.4 Å². The van der Waals surface area contributed by atoms with E-state index in [1.54, 1.807) is 6.92 Å². The number of halogens is 1. The van der Waals surface area contributed by atoms with Crippen molar-refractivity contribution < 1.29 is 0 Å². The van der Waals surface area contributed by atoms with Gasteiger partial charge in [0.1, 0.15) is 0 Å². The van der Waals surface area contributed by atoms with E-state index in [2.05, 4.69) is 9.97 Å². The van der Waals surface area contributed by atoms with Gasteiger partial charge in [0.25, 0.3) is 5.56 Å². The summed E-state index contributed by atoms with van der Waals surface area (Å²) in [6, 6.07) is 6.98. The van der Waals surface area contributed by atoms with Crippen LogP contribution in [0.1, 0.15) is 24.2 Å². The zero-order valence-electron chi connectivity index (χ0n) is 10.6.